The van der Waals surface area contributed by atoms with Crippen LogP contribution in [0.5, 0.6) is 5.75 Å². The third-order valence-corrected chi connectivity index (χ3v) is 5.10. The maximum Gasteiger partial charge on any atom is 0.458 e. The highest BCUT2D eigenvalue weighted by Crippen LogP contribution is 2.26. The van der Waals surface area contributed by atoms with Gasteiger partial charge < -0.3 is 9.30 Å². The molecule has 0 aliphatic heterocycles. The number of hydrogen-bond donors (Lipinski definition) is 1. The molecule has 0 amide bonds. The van der Waals surface area contributed by atoms with Gasteiger partial charge in [0.25, 0.3) is 5.56 Å². The largest absolute Gasteiger partial charge is 0.497 e. The summed E-state index contributed by atoms with van der Waals surface area (Å²) in [4.78, 5) is 22.7. The number of nitrogens with one attached hydrogen (secondary N) is 1. The molecule has 0 fully saturated rings. The number of aromatic amines is 1. The lowest BCUT2D eigenvalue weighted by atomic mass is 10.1. The first-order chi connectivity index (χ1) is 14.6. The fraction of sp³-hybridized carbons (Fsp3) is 0.130. The van der Waals surface area contributed by atoms with Crippen molar-refractivity contribution in [2.45, 2.75) is 13.5 Å². The van der Waals surface area contributed by atoms with Gasteiger partial charge in [-0.3, -0.25) is 4.79 Å². The molecule has 3 aromatic heterocycles. The normalized spacial score (nSPS) is 11.3. The maximum atomic E-state index is 13.6. The number of aryl methyl sites for hydroxylation is 1. The van der Waals surface area contributed by atoms with Crippen molar-refractivity contribution < 1.29 is 9.25 Å². The first-order valence-corrected chi connectivity index (χ1v) is 9.64. The molecule has 3 heterocycles. The maximum absolute atomic E-state index is 13.6. The number of fused-ring (bicyclic) bond motifs is 2. The van der Waals surface area contributed by atoms with Crippen LogP contribution in [0.2, 0.25) is 0 Å². The predicted molar refractivity (Wildman–Crippen MR) is 114 cm³/mol. The third-order valence-electron chi connectivity index (χ3n) is 5.10. The van der Waals surface area contributed by atoms with Crippen molar-refractivity contribution in [2.24, 2.45) is 0 Å². The smallest absolute Gasteiger partial charge is 0.458 e. The zero-order valence-corrected chi connectivity index (χ0v) is 16.7. The molecule has 0 spiro atoms. The molecule has 1 N–H and O–H groups in total. The molecule has 2 aromatic carbocycles. The Morgan fingerprint density at radius 3 is 2.70 bits per heavy atom. The van der Waals surface area contributed by atoms with E-state index < -0.39 is 0 Å². The molecule has 0 aliphatic rings. The molecule has 7 heteroatoms. The van der Waals surface area contributed by atoms with Crippen LogP contribution >= 0.6 is 0 Å². The van der Waals surface area contributed by atoms with Crippen LogP contribution in [-0.2, 0) is 6.54 Å². The standard InChI is InChI=1S/C23H19N5O2/c1-15-24-23-25-19-11-12-27(14-16-7-4-3-5-8-16)22(29)20(19)21(28(23)26-15)17-9-6-10-18(13-17)30-2/h3-13H,14H2,1-2H3/p+1. The van der Waals surface area contributed by atoms with Crippen LogP contribution in [0.4, 0.5) is 0 Å². The van der Waals surface area contributed by atoms with E-state index in [1.54, 1.807) is 22.4 Å². The van der Waals surface area contributed by atoms with Gasteiger partial charge in [-0.25, -0.2) is 5.10 Å². The monoisotopic (exact) mass is 398 g/mol. The zero-order valence-electron chi connectivity index (χ0n) is 16.7. The first-order valence-electron chi connectivity index (χ1n) is 9.64. The average Bonchev–Trinajstić information content (AvgIpc) is 3.14. The number of aromatic nitrogens is 5. The van der Waals surface area contributed by atoms with Gasteiger partial charge in [-0.1, -0.05) is 52.4 Å². The topological polar surface area (TPSA) is 76.9 Å². The van der Waals surface area contributed by atoms with Gasteiger partial charge in [-0.2, -0.15) is 0 Å². The van der Waals surface area contributed by atoms with Crippen LogP contribution in [0, 0.1) is 6.92 Å². The molecule has 148 valence electrons. The molecule has 0 aliphatic carbocycles. The van der Waals surface area contributed by atoms with Gasteiger partial charge in [0.2, 0.25) is 5.82 Å². The highest BCUT2D eigenvalue weighted by atomic mass is 16.5. The Hall–Kier alpha value is -4.00. The Morgan fingerprint density at radius 1 is 1.07 bits per heavy atom. The van der Waals surface area contributed by atoms with Gasteiger partial charge in [0.1, 0.15) is 11.1 Å². The molecule has 0 saturated heterocycles. The molecular formula is C23H20N5O2+. The van der Waals surface area contributed by atoms with E-state index in [9.17, 15) is 4.79 Å². The Balaban J connectivity index is 1.83. The van der Waals surface area contributed by atoms with Crippen molar-refractivity contribution in [3.05, 3.63) is 88.6 Å². The number of benzene rings is 2. The minimum absolute atomic E-state index is 0.108. The molecule has 0 saturated carbocycles. The van der Waals surface area contributed by atoms with Gasteiger partial charge in [-0.05, 0) is 23.8 Å². The number of H-pyrrole nitrogens is 1. The highest BCUT2D eigenvalue weighted by molar-refractivity contribution is 5.90. The van der Waals surface area contributed by atoms with Crippen molar-refractivity contribution in [2.75, 3.05) is 7.11 Å². The predicted octanol–water partition coefficient (Wildman–Crippen LogP) is 2.89. The summed E-state index contributed by atoms with van der Waals surface area (Å²) in [5.74, 6) is 1.94. The van der Waals surface area contributed by atoms with Crippen molar-refractivity contribution >= 4 is 16.7 Å². The van der Waals surface area contributed by atoms with Crippen molar-refractivity contribution in [3.8, 4) is 17.0 Å². The van der Waals surface area contributed by atoms with E-state index in [2.05, 4.69) is 15.1 Å². The first kappa shape index (κ1) is 18.1. The lowest BCUT2D eigenvalue weighted by molar-refractivity contribution is -0.567. The van der Waals surface area contributed by atoms with Gasteiger partial charge in [0.05, 0.1) is 13.7 Å². The number of pyridine rings is 1. The second kappa shape index (κ2) is 7.11. The molecule has 0 radical (unpaired) electrons. The van der Waals surface area contributed by atoms with Crippen molar-refractivity contribution in [1.29, 1.82) is 0 Å². The Labute approximate surface area is 172 Å². The highest BCUT2D eigenvalue weighted by Gasteiger charge is 2.24. The molecule has 0 unspecified atom stereocenters. The summed E-state index contributed by atoms with van der Waals surface area (Å²) >= 11 is 0. The van der Waals surface area contributed by atoms with Gasteiger partial charge >= 0.3 is 5.78 Å². The van der Waals surface area contributed by atoms with Crippen LogP contribution < -0.4 is 14.8 Å². The fourth-order valence-electron chi connectivity index (χ4n) is 3.72. The molecule has 5 aromatic rings. The summed E-state index contributed by atoms with van der Waals surface area (Å²) in [6.07, 6.45) is 1.79. The molecule has 30 heavy (non-hydrogen) atoms. The third kappa shape index (κ3) is 3.00. The number of methoxy groups -OCH3 is 1. The Morgan fingerprint density at radius 2 is 1.90 bits per heavy atom. The summed E-state index contributed by atoms with van der Waals surface area (Å²) in [5, 5.41) is 3.74. The average molecular weight is 398 g/mol. The number of ether oxygens (including phenoxy) is 1. The molecule has 5 rings (SSSR count). The Bertz CT molecular complexity index is 1440. The summed E-state index contributed by atoms with van der Waals surface area (Å²) in [7, 11) is 1.62. The van der Waals surface area contributed by atoms with Crippen LogP contribution in [0.3, 0.4) is 0 Å². The number of nitrogens with zero attached hydrogens (tertiary/aromatic N) is 4. The van der Waals surface area contributed by atoms with Crippen LogP contribution in [0.15, 0.2) is 71.7 Å². The van der Waals surface area contributed by atoms with Crippen molar-refractivity contribution in [1.82, 2.24) is 19.6 Å². The molecular weight excluding hydrogens is 378 g/mol. The van der Waals surface area contributed by atoms with E-state index in [0.717, 1.165) is 11.1 Å². The summed E-state index contributed by atoms with van der Waals surface area (Å²) < 4.78 is 8.88. The van der Waals surface area contributed by atoms with E-state index in [0.29, 0.717) is 40.5 Å². The SMILES string of the molecule is COc1cccc(-c2c3c(=O)n(Cc4ccccc4)ccc3nc3nc(C)[nH][n+]23)c1. The second-order valence-corrected chi connectivity index (χ2v) is 7.13. The zero-order chi connectivity index (χ0) is 20.7. The van der Waals surface area contributed by atoms with E-state index in [-0.39, 0.29) is 5.56 Å². The van der Waals surface area contributed by atoms with E-state index in [4.69, 9.17) is 4.74 Å². The van der Waals surface area contributed by atoms with Crippen LogP contribution in [0.25, 0.3) is 27.9 Å². The lowest BCUT2D eigenvalue weighted by Gasteiger charge is -2.09. The molecule has 0 atom stereocenters. The fourth-order valence-corrected chi connectivity index (χ4v) is 3.72. The molecule has 7 nitrogen and oxygen atoms in total. The minimum atomic E-state index is -0.108. The van der Waals surface area contributed by atoms with E-state index in [1.807, 2.05) is 67.6 Å². The van der Waals surface area contributed by atoms with Crippen LogP contribution in [0.1, 0.15) is 11.4 Å². The number of hydrogen-bond acceptors (Lipinski definition) is 4. The van der Waals surface area contributed by atoms with Gasteiger partial charge in [0.15, 0.2) is 11.2 Å². The van der Waals surface area contributed by atoms with E-state index in [1.165, 1.54) is 0 Å². The van der Waals surface area contributed by atoms with E-state index >= 15 is 0 Å². The quantitative estimate of drug-likeness (QED) is 0.472. The summed E-state index contributed by atoms with van der Waals surface area (Å²) in [5.41, 5.74) is 3.11. The molecule has 0 bridgehead atoms. The lowest BCUT2D eigenvalue weighted by Crippen LogP contribution is -2.32. The van der Waals surface area contributed by atoms with Gasteiger partial charge in [0, 0.05) is 18.7 Å². The van der Waals surface area contributed by atoms with Crippen LogP contribution in [-0.4, -0.2) is 26.7 Å². The van der Waals surface area contributed by atoms with Gasteiger partial charge in [-0.15, -0.1) is 4.52 Å². The summed E-state index contributed by atoms with van der Waals surface area (Å²) in [6.45, 7) is 2.35. The second-order valence-electron chi connectivity index (χ2n) is 7.13. The Kier molecular flexibility index (Phi) is 4.28. The number of rotatable bonds is 4. The summed E-state index contributed by atoms with van der Waals surface area (Å²) in [6, 6.07) is 19.4. The van der Waals surface area contributed by atoms with Crippen molar-refractivity contribution in [3.63, 3.8) is 0 Å². The minimum Gasteiger partial charge on any atom is -0.497 e.